The largest absolute Gasteiger partial charge is 0.350 e. The van der Waals surface area contributed by atoms with Gasteiger partial charge in [0, 0.05) is 34.7 Å². The van der Waals surface area contributed by atoms with E-state index < -0.39 is 0 Å². The van der Waals surface area contributed by atoms with E-state index in [1.165, 1.54) is 22.9 Å². The lowest BCUT2D eigenvalue weighted by Crippen LogP contribution is -2.43. The number of halogens is 1. The van der Waals surface area contributed by atoms with Gasteiger partial charge in [0.2, 0.25) is 0 Å². The topological polar surface area (TPSA) is 30.9 Å². The first-order chi connectivity index (χ1) is 7.60. The van der Waals surface area contributed by atoms with Gasteiger partial charge in [-0.05, 0) is 37.0 Å². The van der Waals surface area contributed by atoms with E-state index in [9.17, 15) is 0 Å². The smallest absolute Gasteiger partial charge is 0.0496 e. The normalized spacial score (nSPS) is 18.7. The van der Waals surface area contributed by atoms with Gasteiger partial charge in [-0.3, -0.25) is 0 Å². The van der Waals surface area contributed by atoms with Crippen molar-refractivity contribution in [2.45, 2.75) is 24.8 Å². The fourth-order valence-corrected chi connectivity index (χ4v) is 2.75. The first-order valence-electron chi connectivity index (χ1n) is 5.64. The highest BCUT2D eigenvalue weighted by molar-refractivity contribution is 6.31. The minimum absolute atomic E-state index is 0.104. The van der Waals surface area contributed by atoms with E-state index in [-0.39, 0.29) is 5.54 Å². The summed E-state index contributed by atoms with van der Waals surface area (Å²) in [7, 11) is 2.05. The van der Waals surface area contributed by atoms with E-state index in [2.05, 4.69) is 16.8 Å². The number of nitrogens with two attached hydrogens (primary N) is 1. The summed E-state index contributed by atoms with van der Waals surface area (Å²) in [6.07, 6.45) is 5.57. The van der Waals surface area contributed by atoms with Crippen molar-refractivity contribution in [3.8, 4) is 0 Å². The molecule has 84 valence electrons. The molecule has 1 aliphatic carbocycles. The molecule has 2 nitrogen and oxygen atoms in total. The highest BCUT2D eigenvalue weighted by Crippen LogP contribution is 2.42. The Morgan fingerprint density at radius 1 is 1.38 bits per heavy atom. The summed E-state index contributed by atoms with van der Waals surface area (Å²) in [4.78, 5) is 0. The number of aromatic nitrogens is 1. The molecule has 0 amide bonds. The Bertz CT molecular complexity index is 552. The highest BCUT2D eigenvalue weighted by Gasteiger charge is 2.36. The molecule has 1 fully saturated rings. The molecule has 1 aromatic carbocycles. The van der Waals surface area contributed by atoms with Crippen molar-refractivity contribution in [1.29, 1.82) is 0 Å². The molecule has 0 unspecified atom stereocenters. The quantitative estimate of drug-likeness (QED) is 0.807. The van der Waals surface area contributed by atoms with Gasteiger partial charge in [0.15, 0.2) is 0 Å². The lowest BCUT2D eigenvalue weighted by atomic mass is 9.73. The Kier molecular flexibility index (Phi) is 2.07. The lowest BCUT2D eigenvalue weighted by molar-refractivity contribution is 0.255. The maximum Gasteiger partial charge on any atom is 0.0496 e. The van der Waals surface area contributed by atoms with Crippen molar-refractivity contribution in [3.05, 3.63) is 35.0 Å². The summed E-state index contributed by atoms with van der Waals surface area (Å²) in [6.45, 7) is 0. The molecule has 1 saturated carbocycles. The predicted octanol–water partition coefficient (Wildman–Crippen LogP) is 3.17. The third kappa shape index (κ3) is 1.30. The number of hydrogen-bond acceptors (Lipinski definition) is 1. The first-order valence-corrected chi connectivity index (χ1v) is 6.02. The number of aryl methyl sites for hydroxylation is 1. The molecule has 0 radical (unpaired) electrons. The van der Waals surface area contributed by atoms with Gasteiger partial charge in [-0.2, -0.15) is 0 Å². The monoisotopic (exact) mass is 234 g/mol. The van der Waals surface area contributed by atoms with Crippen molar-refractivity contribution in [3.63, 3.8) is 0 Å². The van der Waals surface area contributed by atoms with E-state index in [1.807, 2.05) is 19.2 Å². The van der Waals surface area contributed by atoms with Crippen LogP contribution in [0.2, 0.25) is 5.02 Å². The third-order valence-electron chi connectivity index (χ3n) is 3.73. The third-order valence-corrected chi connectivity index (χ3v) is 3.97. The molecule has 16 heavy (non-hydrogen) atoms. The summed E-state index contributed by atoms with van der Waals surface area (Å²) in [5.41, 5.74) is 8.73. The Labute approximate surface area is 100.0 Å². The Morgan fingerprint density at radius 2 is 2.12 bits per heavy atom. The zero-order chi connectivity index (χ0) is 11.3. The molecule has 0 aliphatic heterocycles. The molecular formula is C13H15ClN2. The molecule has 3 heteroatoms. The zero-order valence-electron chi connectivity index (χ0n) is 9.33. The van der Waals surface area contributed by atoms with E-state index in [4.69, 9.17) is 17.3 Å². The van der Waals surface area contributed by atoms with Crippen LogP contribution in [0.3, 0.4) is 0 Å². The van der Waals surface area contributed by atoms with Crippen LogP contribution in [0.4, 0.5) is 0 Å². The van der Waals surface area contributed by atoms with Crippen LogP contribution in [-0.2, 0) is 12.6 Å². The van der Waals surface area contributed by atoms with Crippen molar-refractivity contribution in [2.75, 3.05) is 0 Å². The van der Waals surface area contributed by atoms with Gasteiger partial charge in [-0.15, -0.1) is 0 Å². The molecule has 3 rings (SSSR count). The average Bonchev–Trinajstić information content (AvgIpc) is 2.53. The number of fused-ring (bicyclic) bond motifs is 1. The highest BCUT2D eigenvalue weighted by atomic mass is 35.5. The van der Waals surface area contributed by atoms with Crippen LogP contribution in [0.5, 0.6) is 0 Å². The van der Waals surface area contributed by atoms with Crippen molar-refractivity contribution >= 4 is 22.5 Å². The molecule has 1 aliphatic rings. The molecule has 2 aromatic rings. The standard InChI is InChI=1S/C13H15ClN2/c1-16-8-11(13(15)5-2-6-13)10-4-3-9(14)7-12(10)16/h3-4,7-8H,2,5-6,15H2,1H3. The van der Waals surface area contributed by atoms with Gasteiger partial charge in [-0.25, -0.2) is 0 Å². The van der Waals surface area contributed by atoms with Gasteiger partial charge < -0.3 is 10.3 Å². The maximum atomic E-state index is 6.40. The van der Waals surface area contributed by atoms with Gasteiger partial charge >= 0.3 is 0 Å². The van der Waals surface area contributed by atoms with E-state index in [0.717, 1.165) is 17.9 Å². The Balaban J connectivity index is 2.26. The fraction of sp³-hybridized carbons (Fsp3) is 0.385. The SMILES string of the molecule is Cn1cc(C2(N)CCC2)c2ccc(Cl)cc21. The van der Waals surface area contributed by atoms with Crippen molar-refractivity contribution in [1.82, 2.24) is 4.57 Å². The molecule has 0 atom stereocenters. The van der Waals surface area contributed by atoms with E-state index in [0.29, 0.717) is 0 Å². The minimum Gasteiger partial charge on any atom is -0.350 e. The molecular weight excluding hydrogens is 220 g/mol. The Hall–Kier alpha value is -0.990. The van der Waals surface area contributed by atoms with Crippen molar-refractivity contribution in [2.24, 2.45) is 12.8 Å². The van der Waals surface area contributed by atoms with Crippen LogP contribution < -0.4 is 5.73 Å². The fourth-order valence-electron chi connectivity index (χ4n) is 2.58. The molecule has 1 heterocycles. The van der Waals surface area contributed by atoms with Crippen LogP contribution in [0.1, 0.15) is 24.8 Å². The van der Waals surface area contributed by atoms with E-state index in [1.54, 1.807) is 0 Å². The summed E-state index contributed by atoms with van der Waals surface area (Å²) in [5, 5.41) is 2.02. The number of hydrogen-bond donors (Lipinski definition) is 1. The number of benzene rings is 1. The minimum atomic E-state index is -0.104. The Morgan fingerprint density at radius 3 is 2.75 bits per heavy atom. The zero-order valence-corrected chi connectivity index (χ0v) is 10.1. The molecule has 0 spiro atoms. The van der Waals surface area contributed by atoms with Gasteiger partial charge in [0.1, 0.15) is 0 Å². The second-order valence-electron chi connectivity index (χ2n) is 4.82. The second kappa shape index (κ2) is 3.25. The summed E-state index contributed by atoms with van der Waals surface area (Å²) in [6, 6.07) is 6.03. The van der Waals surface area contributed by atoms with Crippen molar-refractivity contribution < 1.29 is 0 Å². The molecule has 1 aromatic heterocycles. The predicted molar refractivity (Wildman–Crippen MR) is 67.6 cm³/mol. The lowest BCUT2D eigenvalue weighted by Gasteiger charge is -2.38. The summed E-state index contributed by atoms with van der Waals surface area (Å²) >= 11 is 6.02. The molecule has 0 saturated heterocycles. The van der Waals surface area contributed by atoms with Crippen LogP contribution in [0.15, 0.2) is 24.4 Å². The summed E-state index contributed by atoms with van der Waals surface area (Å²) in [5.74, 6) is 0. The van der Waals surface area contributed by atoms with E-state index >= 15 is 0 Å². The first kappa shape index (κ1) is 10.2. The van der Waals surface area contributed by atoms with Gasteiger partial charge in [0.25, 0.3) is 0 Å². The van der Waals surface area contributed by atoms with Crippen LogP contribution in [0, 0.1) is 0 Å². The summed E-state index contributed by atoms with van der Waals surface area (Å²) < 4.78 is 2.11. The second-order valence-corrected chi connectivity index (χ2v) is 5.26. The van der Waals surface area contributed by atoms with Gasteiger partial charge in [0.05, 0.1) is 0 Å². The average molecular weight is 235 g/mol. The van der Waals surface area contributed by atoms with Gasteiger partial charge in [-0.1, -0.05) is 17.7 Å². The maximum absolute atomic E-state index is 6.40. The number of nitrogens with zero attached hydrogens (tertiary/aromatic N) is 1. The molecule has 0 bridgehead atoms. The van der Waals surface area contributed by atoms with Crippen LogP contribution >= 0.6 is 11.6 Å². The molecule has 2 N–H and O–H groups in total. The number of rotatable bonds is 1. The van der Waals surface area contributed by atoms with Crippen LogP contribution in [-0.4, -0.2) is 4.57 Å². The van der Waals surface area contributed by atoms with Crippen LogP contribution in [0.25, 0.3) is 10.9 Å².